The van der Waals surface area contributed by atoms with Crippen molar-refractivity contribution >= 4 is 39.9 Å². The summed E-state index contributed by atoms with van der Waals surface area (Å²) in [5, 5.41) is 8.36. The standard InChI is InChI=1S/C48H32N3.C5H8O2.Pt/c1-5-16-34(17-6-1)50(35-18-7-2-8-19-35)38-27-29-44-41(32-38)42-33-39(51(36-20-9-3-10-21-36)37-22-11-4-12-23-37)28-30-45(42)48(44)43-25-14-13-24-40(43)47-46(48)26-15-31-49-47;1-4(6)3-5(2)7;/h1-23,25-33H;3,6H,1-2H3;/q-1;;/b;4-3-;. The van der Waals surface area contributed by atoms with Gasteiger partial charge in [0, 0.05) is 72.9 Å². The van der Waals surface area contributed by atoms with Crippen molar-refractivity contribution in [3.63, 3.8) is 0 Å². The minimum Gasteiger partial charge on any atom is -0.512 e. The van der Waals surface area contributed by atoms with Crippen LogP contribution in [0.4, 0.5) is 34.1 Å². The van der Waals surface area contributed by atoms with E-state index in [1.807, 2.05) is 12.3 Å². The van der Waals surface area contributed by atoms with E-state index in [0.29, 0.717) is 0 Å². The van der Waals surface area contributed by atoms with Gasteiger partial charge in [-0.25, -0.2) is 0 Å². The van der Waals surface area contributed by atoms with Gasteiger partial charge in [-0.15, -0.1) is 35.4 Å². The molecule has 1 aromatic heterocycles. The molecule has 0 aliphatic heterocycles. The first-order chi connectivity index (χ1) is 28.4. The maximum atomic E-state index is 10.0. The molecule has 0 unspecified atom stereocenters. The Bertz CT molecular complexity index is 2530. The molecule has 290 valence electrons. The average molecular weight is 946 g/mol. The zero-order chi connectivity index (χ0) is 39.6. The number of hydrogen-bond acceptors (Lipinski definition) is 5. The van der Waals surface area contributed by atoms with Gasteiger partial charge in [0.25, 0.3) is 0 Å². The summed E-state index contributed by atoms with van der Waals surface area (Å²) < 4.78 is 0. The molecular weight excluding hydrogens is 906 g/mol. The van der Waals surface area contributed by atoms with Crippen LogP contribution in [0, 0.1) is 6.07 Å². The Labute approximate surface area is 359 Å². The number of para-hydroxylation sites is 4. The van der Waals surface area contributed by atoms with Gasteiger partial charge in [0.15, 0.2) is 5.78 Å². The summed E-state index contributed by atoms with van der Waals surface area (Å²) in [6.45, 7) is 2.85. The van der Waals surface area contributed by atoms with Gasteiger partial charge in [-0.3, -0.25) is 4.79 Å². The summed E-state index contributed by atoms with van der Waals surface area (Å²) in [4.78, 5) is 19.7. The van der Waals surface area contributed by atoms with E-state index in [1.54, 1.807) is 0 Å². The van der Waals surface area contributed by atoms with Crippen molar-refractivity contribution in [1.82, 2.24) is 4.98 Å². The number of nitrogens with zero attached hydrogens (tertiary/aromatic N) is 3. The van der Waals surface area contributed by atoms with Crippen molar-refractivity contribution in [2.75, 3.05) is 9.80 Å². The zero-order valence-electron chi connectivity index (χ0n) is 32.6. The summed E-state index contributed by atoms with van der Waals surface area (Å²) >= 11 is 0. The second-order valence-corrected chi connectivity index (χ2v) is 14.5. The molecule has 0 bridgehead atoms. The van der Waals surface area contributed by atoms with E-state index in [9.17, 15) is 4.79 Å². The van der Waals surface area contributed by atoms with Crippen LogP contribution in [0.15, 0.2) is 206 Å². The van der Waals surface area contributed by atoms with Crippen molar-refractivity contribution in [1.29, 1.82) is 0 Å². The minimum atomic E-state index is -0.521. The van der Waals surface area contributed by atoms with Crippen LogP contribution in [0.1, 0.15) is 36.1 Å². The van der Waals surface area contributed by atoms with Gasteiger partial charge in [-0.05, 0) is 121 Å². The fourth-order valence-corrected chi connectivity index (χ4v) is 8.66. The molecule has 2 aliphatic rings. The van der Waals surface area contributed by atoms with Crippen LogP contribution in [0.3, 0.4) is 0 Å². The molecule has 0 amide bonds. The molecular formula is C53H40N3O2Pt-. The first-order valence-corrected chi connectivity index (χ1v) is 19.4. The van der Waals surface area contributed by atoms with E-state index in [4.69, 9.17) is 10.1 Å². The topological polar surface area (TPSA) is 56.7 Å². The number of rotatable bonds is 7. The number of fused-ring (bicyclic) bond motifs is 10. The van der Waals surface area contributed by atoms with Crippen molar-refractivity contribution in [2.24, 2.45) is 0 Å². The van der Waals surface area contributed by atoms with E-state index >= 15 is 0 Å². The van der Waals surface area contributed by atoms with Crippen LogP contribution in [0.2, 0.25) is 0 Å². The molecule has 6 heteroatoms. The number of ketones is 1. The summed E-state index contributed by atoms with van der Waals surface area (Å²) in [6.07, 6.45) is 3.07. The van der Waals surface area contributed by atoms with E-state index in [1.165, 1.54) is 53.3 Å². The molecule has 1 heterocycles. The van der Waals surface area contributed by atoms with Crippen LogP contribution in [0.5, 0.6) is 0 Å². The van der Waals surface area contributed by atoms with Gasteiger partial charge < -0.3 is 19.9 Å². The molecule has 8 aromatic rings. The molecule has 0 saturated carbocycles. The van der Waals surface area contributed by atoms with Crippen molar-refractivity contribution in [3.8, 4) is 22.4 Å². The Morgan fingerprint density at radius 3 is 1.39 bits per heavy atom. The molecule has 10 rings (SSSR count). The van der Waals surface area contributed by atoms with Crippen LogP contribution < -0.4 is 9.80 Å². The number of aliphatic hydroxyl groups is 1. The molecule has 59 heavy (non-hydrogen) atoms. The van der Waals surface area contributed by atoms with Gasteiger partial charge in [-0.1, -0.05) is 96.6 Å². The number of aliphatic hydroxyl groups excluding tert-OH is 1. The number of pyridine rings is 1. The van der Waals surface area contributed by atoms with Gasteiger partial charge in [0.05, 0.1) is 5.76 Å². The number of anilines is 6. The number of benzene rings is 7. The SMILES string of the molecule is CC(=O)/C=C(/C)O.[Pt].[c-]1cccc2c1-c1ncccc1C21c2ccc(N(c3ccccc3)c3ccccc3)cc2-c2cc(N(c3ccccc3)c3ccccc3)ccc21. The predicted molar refractivity (Wildman–Crippen MR) is 236 cm³/mol. The third-order valence-corrected chi connectivity index (χ3v) is 10.8. The quantitative estimate of drug-likeness (QED) is 0.0980. The first-order valence-electron chi connectivity index (χ1n) is 19.4. The second kappa shape index (κ2) is 16.6. The number of carbonyl (C=O) groups excluding carboxylic acids is 1. The smallest absolute Gasteiger partial charge is 0.155 e. The van der Waals surface area contributed by atoms with E-state index in [2.05, 4.69) is 198 Å². The number of aromatic nitrogens is 1. The van der Waals surface area contributed by atoms with Crippen LogP contribution in [-0.2, 0) is 31.3 Å². The monoisotopic (exact) mass is 945 g/mol. The summed E-state index contributed by atoms with van der Waals surface area (Å²) in [5.41, 5.74) is 15.6. The van der Waals surface area contributed by atoms with Crippen LogP contribution in [-0.4, -0.2) is 15.9 Å². The molecule has 5 nitrogen and oxygen atoms in total. The molecule has 0 atom stereocenters. The van der Waals surface area contributed by atoms with Crippen LogP contribution >= 0.6 is 0 Å². The molecule has 2 aliphatic carbocycles. The Hall–Kier alpha value is -6.81. The molecule has 1 N–H and O–H groups in total. The summed E-state index contributed by atoms with van der Waals surface area (Å²) in [5.74, 6) is -0.0625. The fourth-order valence-electron chi connectivity index (χ4n) is 8.66. The van der Waals surface area contributed by atoms with Gasteiger partial charge in [0.1, 0.15) is 0 Å². The largest absolute Gasteiger partial charge is 0.512 e. The molecule has 7 aromatic carbocycles. The average Bonchev–Trinajstić information content (AvgIpc) is 3.72. The van der Waals surface area contributed by atoms with Crippen molar-refractivity contribution in [3.05, 3.63) is 234 Å². The Morgan fingerprint density at radius 1 is 0.542 bits per heavy atom. The Balaban J connectivity index is 0.000000558. The second-order valence-electron chi connectivity index (χ2n) is 14.5. The maximum absolute atomic E-state index is 10.0. The van der Waals surface area contributed by atoms with Gasteiger partial charge in [-0.2, -0.15) is 0 Å². The Morgan fingerprint density at radius 2 is 0.983 bits per heavy atom. The van der Waals surface area contributed by atoms with Crippen molar-refractivity contribution in [2.45, 2.75) is 19.3 Å². The third-order valence-electron chi connectivity index (χ3n) is 10.8. The normalized spacial score (nSPS) is 12.5. The van der Waals surface area contributed by atoms with E-state index < -0.39 is 5.41 Å². The first kappa shape index (κ1) is 39.0. The van der Waals surface area contributed by atoms with Gasteiger partial charge >= 0.3 is 0 Å². The Kier molecular flexibility index (Phi) is 11.0. The van der Waals surface area contributed by atoms with E-state index in [-0.39, 0.29) is 32.6 Å². The molecule has 0 fully saturated rings. The summed E-state index contributed by atoms with van der Waals surface area (Å²) in [6, 6.07) is 70.9. The fraction of sp³-hybridized carbons (Fsp3) is 0.0566. The zero-order valence-corrected chi connectivity index (χ0v) is 34.8. The van der Waals surface area contributed by atoms with Crippen molar-refractivity contribution < 1.29 is 31.0 Å². The molecule has 0 radical (unpaired) electrons. The minimum absolute atomic E-state index is 0. The molecule has 1 spiro atoms. The molecule has 0 saturated heterocycles. The van der Waals surface area contributed by atoms with E-state index in [0.717, 1.165) is 45.4 Å². The number of carbonyl (C=O) groups is 1. The van der Waals surface area contributed by atoms with Crippen LogP contribution in [0.25, 0.3) is 22.4 Å². The number of allylic oxidation sites excluding steroid dienone is 2. The predicted octanol–water partition coefficient (Wildman–Crippen LogP) is 13.2. The number of hydrogen-bond donors (Lipinski definition) is 1. The van der Waals surface area contributed by atoms with Gasteiger partial charge in [0.2, 0.25) is 0 Å². The summed E-state index contributed by atoms with van der Waals surface area (Å²) in [7, 11) is 0. The third kappa shape index (κ3) is 6.98. The maximum Gasteiger partial charge on any atom is 0.155 e.